The summed E-state index contributed by atoms with van der Waals surface area (Å²) >= 11 is 0. The molecule has 0 unspecified atom stereocenters. The van der Waals surface area contributed by atoms with E-state index < -0.39 is 0 Å². The third-order valence-electron chi connectivity index (χ3n) is 2.98. The Hall–Kier alpha value is -1.10. The number of likely N-dealkylation sites (tertiary alicyclic amines) is 1. The highest BCUT2D eigenvalue weighted by Crippen LogP contribution is 2.09. The third kappa shape index (κ3) is 5.68. The van der Waals surface area contributed by atoms with Crippen LogP contribution in [0.5, 0.6) is 0 Å². The highest BCUT2D eigenvalue weighted by Gasteiger charge is 2.15. The molecule has 0 aliphatic carbocycles. The second kappa shape index (κ2) is 8.06. The summed E-state index contributed by atoms with van der Waals surface area (Å²) in [6, 6.07) is 0. The molecule has 5 heteroatoms. The molecule has 0 aromatic heterocycles. The molecule has 3 N–H and O–H groups in total. The molecule has 1 fully saturated rings. The molecule has 17 heavy (non-hydrogen) atoms. The molecule has 0 spiro atoms. The average Bonchev–Trinajstić information content (AvgIpc) is 2.37. The second-order valence-electron chi connectivity index (χ2n) is 4.43. The van der Waals surface area contributed by atoms with Gasteiger partial charge in [0.2, 0.25) is 11.8 Å². The molecular weight excluding hydrogens is 218 g/mol. The highest BCUT2D eigenvalue weighted by molar-refractivity contribution is 5.79. The van der Waals surface area contributed by atoms with Crippen LogP contribution < -0.4 is 11.1 Å². The lowest BCUT2D eigenvalue weighted by Crippen LogP contribution is -2.37. The van der Waals surface area contributed by atoms with E-state index in [0.29, 0.717) is 32.4 Å². The Morgan fingerprint density at radius 1 is 1.12 bits per heavy atom. The Morgan fingerprint density at radius 2 is 1.82 bits per heavy atom. The van der Waals surface area contributed by atoms with Crippen LogP contribution in [0.1, 0.15) is 38.5 Å². The van der Waals surface area contributed by atoms with Crippen molar-refractivity contribution in [1.29, 1.82) is 0 Å². The summed E-state index contributed by atoms with van der Waals surface area (Å²) in [5.41, 5.74) is 5.31. The van der Waals surface area contributed by atoms with Gasteiger partial charge in [0.05, 0.1) is 0 Å². The second-order valence-corrected chi connectivity index (χ2v) is 4.43. The van der Waals surface area contributed by atoms with Gasteiger partial charge >= 0.3 is 0 Å². The zero-order chi connectivity index (χ0) is 12.5. The maximum atomic E-state index is 11.7. The summed E-state index contributed by atoms with van der Waals surface area (Å²) in [4.78, 5) is 24.9. The van der Waals surface area contributed by atoms with Gasteiger partial charge in [0, 0.05) is 32.5 Å². The van der Waals surface area contributed by atoms with Crippen molar-refractivity contribution in [2.75, 3.05) is 26.2 Å². The van der Waals surface area contributed by atoms with Gasteiger partial charge < -0.3 is 16.0 Å². The van der Waals surface area contributed by atoms with Crippen molar-refractivity contribution < 1.29 is 9.59 Å². The van der Waals surface area contributed by atoms with Crippen molar-refractivity contribution in [2.24, 2.45) is 5.73 Å². The van der Waals surface area contributed by atoms with Gasteiger partial charge in [0.25, 0.3) is 0 Å². The standard InChI is InChI=1S/C12H23N3O2/c13-7-4-5-11(16)14-8-6-12(17)15-9-2-1-3-10-15/h1-10,13H2,(H,14,16). The molecule has 1 rings (SSSR count). The molecule has 1 aliphatic rings. The van der Waals surface area contributed by atoms with Crippen LogP contribution in [-0.2, 0) is 9.59 Å². The van der Waals surface area contributed by atoms with E-state index in [4.69, 9.17) is 5.73 Å². The predicted molar refractivity (Wildman–Crippen MR) is 66.3 cm³/mol. The first-order valence-corrected chi connectivity index (χ1v) is 6.48. The first-order chi connectivity index (χ1) is 8.24. The van der Waals surface area contributed by atoms with E-state index in [2.05, 4.69) is 5.32 Å². The summed E-state index contributed by atoms with van der Waals surface area (Å²) in [7, 11) is 0. The van der Waals surface area contributed by atoms with Crippen LogP contribution in [0.4, 0.5) is 0 Å². The van der Waals surface area contributed by atoms with Gasteiger partial charge in [0.15, 0.2) is 0 Å². The fourth-order valence-electron chi connectivity index (χ4n) is 1.96. The van der Waals surface area contributed by atoms with E-state index in [1.165, 1.54) is 6.42 Å². The number of carbonyl (C=O) groups excluding carboxylic acids is 2. The number of nitrogens with two attached hydrogens (primary N) is 1. The first kappa shape index (κ1) is 14.0. The number of hydrogen-bond acceptors (Lipinski definition) is 3. The lowest BCUT2D eigenvalue weighted by atomic mass is 10.1. The molecule has 0 aromatic carbocycles. The third-order valence-corrected chi connectivity index (χ3v) is 2.98. The van der Waals surface area contributed by atoms with Gasteiger partial charge in [-0.2, -0.15) is 0 Å². The lowest BCUT2D eigenvalue weighted by Gasteiger charge is -2.26. The molecule has 5 nitrogen and oxygen atoms in total. The smallest absolute Gasteiger partial charge is 0.224 e. The first-order valence-electron chi connectivity index (χ1n) is 6.48. The monoisotopic (exact) mass is 241 g/mol. The van der Waals surface area contributed by atoms with E-state index in [1.807, 2.05) is 4.90 Å². The van der Waals surface area contributed by atoms with E-state index >= 15 is 0 Å². The number of hydrogen-bond donors (Lipinski definition) is 2. The van der Waals surface area contributed by atoms with Crippen LogP contribution in [-0.4, -0.2) is 42.9 Å². The average molecular weight is 241 g/mol. The molecule has 1 heterocycles. The highest BCUT2D eigenvalue weighted by atomic mass is 16.2. The molecule has 0 aromatic rings. The van der Waals surface area contributed by atoms with Crippen LogP contribution in [0.25, 0.3) is 0 Å². The van der Waals surface area contributed by atoms with Crippen molar-refractivity contribution >= 4 is 11.8 Å². The van der Waals surface area contributed by atoms with Crippen molar-refractivity contribution in [3.63, 3.8) is 0 Å². The number of nitrogens with one attached hydrogen (secondary N) is 1. The van der Waals surface area contributed by atoms with E-state index in [1.54, 1.807) is 0 Å². The molecule has 98 valence electrons. The predicted octanol–water partition coefficient (Wildman–Crippen LogP) is 0.244. The lowest BCUT2D eigenvalue weighted by molar-refractivity contribution is -0.132. The molecule has 0 radical (unpaired) electrons. The van der Waals surface area contributed by atoms with Crippen LogP contribution in [0.3, 0.4) is 0 Å². The minimum absolute atomic E-state index is 0.0121. The number of rotatable bonds is 6. The largest absolute Gasteiger partial charge is 0.356 e. The Bertz CT molecular complexity index is 250. The SMILES string of the molecule is NCCCC(=O)NCCC(=O)N1CCCCC1. The Kier molecular flexibility index (Phi) is 6.62. The van der Waals surface area contributed by atoms with Crippen LogP contribution in [0, 0.1) is 0 Å². The van der Waals surface area contributed by atoms with Crippen molar-refractivity contribution in [2.45, 2.75) is 38.5 Å². The van der Waals surface area contributed by atoms with Gasteiger partial charge in [-0.1, -0.05) is 0 Å². The summed E-state index contributed by atoms with van der Waals surface area (Å²) in [5.74, 6) is 0.144. The van der Waals surface area contributed by atoms with Crippen molar-refractivity contribution in [1.82, 2.24) is 10.2 Å². The van der Waals surface area contributed by atoms with Gasteiger partial charge in [-0.05, 0) is 32.2 Å². The van der Waals surface area contributed by atoms with E-state index in [0.717, 1.165) is 25.9 Å². The summed E-state index contributed by atoms with van der Waals surface area (Å²) in [6.45, 7) is 2.72. The van der Waals surface area contributed by atoms with Crippen LogP contribution >= 0.6 is 0 Å². The fourth-order valence-corrected chi connectivity index (χ4v) is 1.96. The van der Waals surface area contributed by atoms with Crippen molar-refractivity contribution in [3.05, 3.63) is 0 Å². The normalized spacial score (nSPS) is 15.7. The minimum Gasteiger partial charge on any atom is -0.356 e. The summed E-state index contributed by atoms with van der Waals surface area (Å²) in [5, 5.41) is 2.75. The van der Waals surface area contributed by atoms with Crippen LogP contribution in [0.2, 0.25) is 0 Å². The molecule has 2 amide bonds. The molecule has 0 saturated carbocycles. The maximum absolute atomic E-state index is 11.7. The van der Waals surface area contributed by atoms with Crippen molar-refractivity contribution in [3.8, 4) is 0 Å². The molecule has 1 saturated heterocycles. The number of nitrogens with zero attached hydrogens (tertiary/aromatic N) is 1. The Balaban J connectivity index is 2.08. The topological polar surface area (TPSA) is 75.4 Å². The van der Waals surface area contributed by atoms with Gasteiger partial charge in [-0.25, -0.2) is 0 Å². The van der Waals surface area contributed by atoms with Crippen LogP contribution in [0.15, 0.2) is 0 Å². The summed E-state index contributed by atoms with van der Waals surface area (Å²) < 4.78 is 0. The molecule has 0 atom stereocenters. The zero-order valence-electron chi connectivity index (χ0n) is 10.4. The summed E-state index contributed by atoms with van der Waals surface area (Å²) in [6.07, 6.45) is 5.00. The minimum atomic E-state index is -0.0121. The van der Waals surface area contributed by atoms with E-state index in [-0.39, 0.29) is 11.8 Å². The van der Waals surface area contributed by atoms with Gasteiger partial charge in [0.1, 0.15) is 0 Å². The number of amides is 2. The van der Waals surface area contributed by atoms with Gasteiger partial charge in [-0.15, -0.1) is 0 Å². The number of piperidine rings is 1. The maximum Gasteiger partial charge on any atom is 0.224 e. The fraction of sp³-hybridized carbons (Fsp3) is 0.833. The Labute approximate surface area is 103 Å². The molecular formula is C12H23N3O2. The zero-order valence-corrected chi connectivity index (χ0v) is 10.4. The molecule has 0 bridgehead atoms. The Morgan fingerprint density at radius 3 is 2.47 bits per heavy atom. The quantitative estimate of drug-likeness (QED) is 0.699. The number of carbonyl (C=O) groups is 2. The molecule has 1 aliphatic heterocycles. The van der Waals surface area contributed by atoms with Gasteiger partial charge in [-0.3, -0.25) is 9.59 Å². The van der Waals surface area contributed by atoms with E-state index in [9.17, 15) is 9.59 Å².